The molecule has 1 aromatic carbocycles. The highest BCUT2D eigenvalue weighted by Crippen LogP contribution is 2.18. The average Bonchev–Trinajstić information content (AvgIpc) is 2.80. The van der Waals surface area contributed by atoms with Crippen LogP contribution >= 0.6 is 0 Å². The molecule has 0 saturated heterocycles. The van der Waals surface area contributed by atoms with Crippen molar-refractivity contribution in [3.8, 4) is 5.69 Å². The molecule has 0 spiro atoms. The number of para-hydroxylation sites is 1. The van der Waals surface area contributed by atoms with Crippen LogP contribution in [-0.4, -0.2) is 34.7 Å². The van der Waals surface area contributed by atoms with Crippen molar-refractivity contribution in [2.45, 2.75) is 27.2 Å². The van der Waals surface area contributed by atoms with Gasteiger partial charge in [0, 0.05) is 31.3 Å². The molecule has 0 radical (unpaired) electrons. The van der Waals surface area contributed by atoms with E-state index in [9.17, 15) is 9.59 Å². The molecule has 2 aromatic rings. The number of rotatable bonds is 6. The van der Waals surface area contributed by atoms with Crippen LogP contribution in [0.2, 0.25) is 0 Å². The predicted octanol–water partition coefficient (Wildman–Crippen LogP) is 1.28. The number of carbonyl (C=O) groups is 2. The summed E-state index contributed by atoms with van der Waals surface area (Å²) in [6.45, 7) is 6.18. The van der Waals surface area contributed by atoms with Crippen LogP contribution in [0.1, 0.15) is 23.9 Å². The standard InChI is InChI=1S/C17H22N4O2/c1-12-16(11-17(23)19-10-9-18-14(3)22)13(2)21(20-12)15-7-5-4-6-8-15/h4-8H,9-11H2,1-3H3,(H,18,22)(H,19,23). The largest absolute Gasteiger partial charge is 0.355 e. The van der Waals surface area contributed by atoms with Crippen LogP contribution in [0.4, 0.5) is 0 Å². The minimum atomic E-state index is -0.102. The Kier molecular flexibility index (Phi) is 5.51. The Morgan fingerprint density at radius 2 is 1.74 bits per heavy atom. The summed E-state index contributed by atoms with van der Waals surface area (Å²) in [6, 6.07) is 9.84. The number of carbonyl (C=O) groups excluding carboxylic acids is 2. The van der Waals surface area contributed by atoms with E-state index in [1.807, 2.05) is 48.9 Å². The van der Waals surface area contributed by atoms with Crippen LogP contribution in [0.3, 0.4) is 0 Å². The normalized spacial score (nSPS) is 10.4. The van der Waals surface area contributed by atoms with E-state index in [1.54, 1.807) is 0 Å². The van der Waals surface area contributed by atoms with Crippen molar-refractivity contribution in [2.75, 3.05) is 13.1 Å². The van der Waals surface area contributed by atoms with Gasteiger partial charge in [-0.05, 0) is 26.0 Å². The van der Waals surface area contributed by atoms with Crippen molar-refractivity contribution >= 4 is 11.8 Å². The zero-order valence-corrected chi connectivity index (χ0v) is 13.7. The molecule has 2 N–H and O–H groups in total. The topological polar surface area (TPSA) is 76.0 Å². The fourth-order valence-corrected chi connectivity index (χ4v) is 2.41. The number of amides is 2. The van der Waals surface area contributed by atoms with E-state index >= 15 is 0 Å². The van der Waals surface area contributed by atoms with E-state index in [2.05, 4.69) is 15.7 Å². The Labute approximate surface area is 135 Å². The molecule has 0 aliphatic rings. The van der Waals surface area contributed by atoms with E-state index in [-0.39, 0.29) is 18.2 Å². The Morgan fingerprint density at radius 3 is 2.39 bits per heavy atom. The zero-order valence-electron chi connectivity index (χ0n) is 13.7. The number of aromatic nitrogens is 2. The van der Waals surface area contributed by atoms with E-state index < -0.39 is 0 Å². The molecular weight excluding hydrogens is 292 g/mol. The summed E-state index contributed by atoms with van der Waals surface area (Å²) in [7, 11) is 0. The van der Waals surface area contributed by atoms with Crippen LogP contribution < -0.4 is 10.6 Å². The fraction of sp³-hybridized carbons (Fsp3) is 0.353. The van der Waals surface area contributed by atoms with Gasteiger partial charge in [-0.15, -0.1) is 0 Å². The van der Waals surface area contributed by atoms with Gasteiger partial charge in [0.05, 0.1) is 17.8 Å². The number of hydrogen-bond acceptors (Lipinski definition) is 3. The van der Waals surface area contributed by atoms with Crippen LogP contribution in [0.5, 0.6) is 0 Å². The summed E-state index contributed by atoms with van der Waals surface area (Å²) in [5.74, 6) is -0.177. The van der Waals surface area contributed by atoms with Gasteiger partial charge < -0.3 is 10.6 Å². The van der Waals surface area contributed by atoms with Crippen molar-refractivity contribution in [3.05, 3.63) is 47.3 Å². The molecule has 0 bridgehead atoms. The van der Waals surface area contributed by atoms with E-state index in [0.717, 1.165) is 22.6 Å². The van der Waals surface area contributed by atoms with Gasteiger partial charge in [-0.25, -0.2) is 4.68 Å². The van der Waals surface area contributed by atoms with Gasteiger partial charge in [-0.2, -0.15) is 5.10 Å². The minimum Gasteiger partial charge on any atom is -0.355 e. The number of aryl methyl sites for hydroxylation is 1. The first-order valence-corrected chi connectivity index (χ1v) is 7.60. The maximum Gasteiger partial charge on any atom is 0.224 e. The van der Waals surface area contributed by atoms with Crippen LogP contribution in [0.15, 0.2) is 30.3 Å². The number of benzene rings is 1. The molecule has 0 unspecified atom stereocenters. The van der Waals surface area contributed by atoms with E-state index in [4.69, 9.17) is 0 Å². The molecule has 23 heavy (non-hydrogen) atoms. The lowest BCUT2D eigenvalue weighted by Gasteiger charge is -2.07. The number of hydrogen-bond donors (Lipinski definition) is 2. The Bertz CT molecular complexity index is 692. The maximum atomic E-state index is 12.0. The highest BCUT2D eigenvalue weighted by atomic mass is 16.2. The highest BCUT2D eigenvalue weighted by molar-refractivity contribution is 5.79. The van der Waals surface area contributed by atoms with Crippen LogP contribution in [0, 0.1) is 13.8 Å². The molecule has 1 heterocycles. The molecule has 0 atom stereocenters. The molecule has 0 fully saturated rings. The highest BCUT2D eigenvalue weighted by Gasteiger charge is 2.15. The quantitative estimate of drug-likeness (QED) is 0.789. The molecular formula is C17H22N4O2. The van der Waals surface area contributed by atoms with Crippen molar-refractivity contribution < 1.29 is 9.59 Å². The van der Waals surface area contributed by atoms with Crippen LogP contribution in [-0.2, 0) is 16.0 Å². The lowest BCUT2D eigenvalue weighted by Crippen LogP contribution is -2.34. The molecule has 0 aliphatic heterocycles. The lowest BCUT2D eigenvalue weighted by atomic mass is 10.1. The van der Waals surface area contributed by atoms with Crippen LogP contribution in [0.25, 0.3) is 5.69 Å². The van der Waals surface area contributed by atoms with Crippen molar-refractivity contribution in [2.24, 2.45) is 0 Å². The first-order chi connectivity index (χ1) is 11.0. The Balaban J connectivity index is 2.02. The monoisotopic (exact) mass is 314 g/mol. The van der Waals surface area contributed by atoms with Gasteiger partial charge in [-0.3, -0.25) is 9.59 Å². The number of nitrogens with one attached hydrogen (secondary N) is 2. The van der Waals surface area contributed by atoms with Crippen molar-refractivity contribution in [3.63, 3.8) is 0 Å². The molecule has 0 aliphatic carbocycles. The lowest BCUT2D eigenvalue weighted by molar-refractivity contribution is -0.121. The van der Waals surface area contributed by atoms with Gasteiger partial charge in [0.2, 0.25) is 11.8 Å². The molecule has 2 amide bonds. The van der Waals surface area contributed by atoms with Gasteiger partial charge in [0.25, 0.3) is 0 Å². The summed E-state index contributed by atoms with van der Waals surface area (Å²) in [4.78, 5) is 22.8. The average molecular weight is 314 g/mol. The van der Waals surface area contributed by atoms with Gasteiger partial charge >= 0.3 is 0 Å². The second-order valence-corrected chi connectivity index (χ2v) is 5.41. The smallest absolute Gasteiger partial charge is 0.224 e. The molecule has 2 rings (SSSR count). The van der Waals surface area contributed by atoms with Gasteiger partial charge in [-0.1, -0.05) is 18.2 Å². The summed E-state index contributed by atoms with van der Waals surface area (Å²) in [5, 5.41) is 9.98. The van der Waals surface area contributed by atoms with Gasteiger partial charge in [0.1, 0.15) is 0 Å². The Hall–Kier alpha value is -2.63. The van der Waals surface area contributed by atoms with Gasteiger partial charge in [0.15, 0.2) is 0 Å². The van der Waals surface area contributed by atoms with E-state index in [1.165, 1.54) is 6.92 Å². The Morgan fingerprint density at radius 1 is 1.09 bits per heavy atom. The molecule has 0 saturated carbocycles. The SMILES string of the molecule is CC(=O)NCCNC(=O)Cc1c(C)nn(-c2ccccc2)c1C. The maximum absolute atomic E-state index is 12.0. The van der Waals surface area contributed by atoms with Crippen molar-refractivity contribution in [1.29, 1.82) is 0 Å². The second-order valence-electron chi connectivity index (χ2n) is 5.41. The third-order valence-corrected chi connectivity index (χ3v) is 3.60. The number of nitrogens with zero attached hydrogens (tertiary/aromatic N) is 2. The van der Waals surface area contributed by atoms with E-state index in [0.29, 0.717) is 13.1 Å². The fourth-order valence-electron chi connectivity index (χ4n) is 2.41. The first-order valence-electron chi connectivity index (χ1n) is 7.60. The zero-order chi connectivity index (χ0) is 16.8. The third kappa shape index (κ3) is 4.42. The molecule has 6 nitrogen and oxygen atoms in total. The summed E-state index contributed by atoms with van der Waals surface area (Å²) < 4.78 is 1.86. The minimum absolute atomic E-state index is 0.0748. The molecule has 1 aromatic heterocycles. The summed E-state index contributed by atoms with van der Waals surface area (Å²) >= 11 is 0. The summed E-state index contributed by atoms with van der Waals surface area (Å²) in [6.07, 6.45) is 0.282. The third-order valence-electron chi connectivity index (χ3n) is 3.60. The van der Waals surface area contributed by atoms with Crippen molar-refractivity contribution in [1.82, 2.24) is 20.4 Å². The molecule has 122 valence electrons. The second kappa shape index (κ2) is 7.58. The predicted molar refractivity (Wildman–Crippen MR) is 88.4 cm³/mol. The summed E-state index contributed by atoms with van der Waals surface area (Å²) in [5.41, 5.74) is 3.73. The first kappa shape index (κ1) is 16.7. The molecule has 6 heteroatoms.